The monoisotopic (exact) mass is 451 g/mol. The van der Waals surface area contributed by atoms with E-state index in [1.807, 2.05) is 31.2 Å². The fourth-order valence-corrected chi connectivity index (χ4v) is 3.32. The van der Waals surface area contributed by atoms with E-state index in [9.17, 15) is 14.9 Å². The van der Waals surface area contributed by atoms with E-state index in [1.165, 1.54) is 12.1 Å². The van der Waals surface area contributed by atoms with Crippen molar-refractivity contribution in [3.63, 3.8) is 0 Å². The third-order valence-corrected chi connectivity index (χ3v) is 4.80. The summed E-state index contributed by atoms with van der Waals surface area (Å²) in [5.41, 5.74) is 1.72. The SMILES string of the molecule is CCOc1ccc(Nc2ncccc2C(=O)OCc2cc([N+](=O)[O-])cc3c2OCOC3)cc1. The van der Waals surface area contributed by atoms with Crippen molar-refractivity contribution in [1.82, 2.24) is 4.98 Å². The van der Waals surface area contributed by atoms with Crippen LogP contribution in [0.4, 0.5) is 17.2 Å². The maximum atomic E-state index is 12.8. The molecule has 2 heterocycles. The molecule has 3 aromatic rings. The number of pyridine rings is 1. The summed E-state index contributed by atoms with van der Waals surface area (Å²) in [6.45, 7) is 2.46. The highest BCUT2D eigenvalue weighted by molar-refractivity contribution is 5.95. The number of carbonyl (C=O) groups is 1. The molecule has 10 nitrogen and oxygen atoms in total. The van der Waals surface area contributed by atoms with Crippen LogP contribution < -0.4 is 14.8 Å². The molecule has 170 valence electrons. The topological polar surface area (TPSA) is 122 Å². The fourth-order valence-electron chi connectivity index (χ4n) is 3.32. The Balaban J connectivity index is 1.51. The lowest BCUT2D eigenvalue weighted by Crippen LogP contribution is -2.15. The zero-order valence-electron chi connectivity index (χ0n) is 17.8. The number of nitrogens with zero attached hydrogens (tertiary/aromatic N) is 2. The molecule has 0 bridgehead atoms. The van der Waals surface area contributed by atoms with Crippen LogP contribution in [0.3, 0.4) is 0 Å². The number of nitro groups is 1. The van der Waals surface area contributed by atoms with Gasteiger partial charge in [0.15, 0.2) is 6.79 Å². The van der Waals surface area contributed by atoms with E-state index in [-0.39, 0.29) is 31.3 Å². The van der Waals surface area contributed by atoms with Crippen LogP contribution in [0, 0.1) is 10.1 Å². The van der Waals surface area contributed by atoms with Crippen molar-refractivity contribution in [3.8, 4) is 11.5 Å². The first-order chi connectivity index (χ1) is 16.0. The maximum absolute atomic E-state index is 12.8. The van der Waals surface area contributed by atoms with Crippen molar-refractivity contribution in [2.45, 2.75) is 20.1 Å². The number of nitrogens with one attached hydrogen (secondary N) is 1. The highest BCUT2D eigenvalue weighted by Crippen LogP contribution is 2.33. The van der Waals surface area contributed by atoms with Crippen LogP contribution in [0.25, 0.3) is 0 Å². The van der Waals surface area contributed by atoms with Gasteiger partial charge in [0.2, 0.25) is 0 Å². The molecule has 2 aromatic carbocycles. The number of aromatic nitrogens is 1. The Kier molecular flexibility index (Phi) is 6.65. The summed E-state index contributed by atoms with van der Waals surface area (Å²) in [7, 11) is 0. The van der Waals surface area contributed by atoms with Gasteiger partial charge in [-0.2, -0.15) is 0 Å². The third-order valence-electron chi connectivity index (χ3n) is 4.80. The molecule has 0 spiro atoms. The number of carbonyl (C=O) groups excluding carboxylic acids is 1. The Labute approximate surface area is 189 Å². The molecule has 33 heavy (non-hydrogen) atoms. The van der Waals surface area contributed by atoms with Gasteiger partial charge in [0.1, 0.15) is 29.5 Å². The number of rotatable bonds is 8. The van der Waals surface area contributed by atoms with E-state index < -0.39 is 10.9 Å². The third kappa shape index (κ3) is 5.18. The zero-order chi connectivity index (χ0) is 23.2. The van der Waals surface area contributed by atoms with Crippen LogP contribution in [0.15, 0.2) is 54.7 Å². The number of esters is 1. The summed E-state index contributed by atoms with van der Waals surface area (Å²) in [4.78, 5) is 27.8. The number of non-ortho nitro benzene ring substituents is 1. The molecule has 0 aliphatic carbocycles. The van der Waals surface area contributed by atoms with Gasteiger partial charge in [-0.25, -0.2) is 9.78 Å². The van der Waals surface area contributed by atoms with Gasteiger partial charge >= 0.3 is 5.97 Å². The van der Waals surface area contributed by atoms with Gasteiger partial charge in [0, 0.05) is 35.1 Å². The van der Waals surface area contributed by atoms with Crippen LogP contribution in [0.1, 0.15) is 28.4 Å². The lowest BCUT2D eigenvalue weighted by molar-refractivity contribution is -0.385. The zero-order valence-corrected chi connectivity index (χ0v) is 17.8. The first-order valence-electron chi connectivity index (χ1n) is 10.2. The molecule has 0 atom stereocenters. The first kappa shape index (κ1) is 22.0. The fraction of sp³-hybridized carbons (Fsp3) is 0.217. The number of nitro benzene ring substituents is 1. The Morgan fingerprint density at radius 1 is 1.24 bits per heavy atom. The van der Waals surface area contributed by atoms with E-state index in [4.69, 9.17) is 18.9 Å². The maximum Gasteiger partial charge on any atom is 0.342 e. The molecule has 0 unspecified atom stereocenters. The van der Waals surface area contributed by atoms with Crippen molar-refractivity contribution >= 4 is 23.2 Å². The van der Waals surface area contributed by atoms with E-state index in [2.05, 4.69) is 10.3 Å². The smallest absolute Gasteiger partial charge is 0.342 e. The molecule has 1 aliphatic heterocycles. The second-order valence-electron chi connectivity index (χ2n) is 7.02. The van der Waals surface area contributed by atoms with Gasteiger partial charge < -0.3 is 24.3 Å². The minimum absolute atomic E-state index is 0.0184. The molecule has 0 saturated carbocycles. The summed E-state index contributed by atoms with van der Waals surface area (Å²) in [6, 6.07) is 13.2. The van der Waals surface area contributed by atoms with E-state index in [0.29, 0.717) is 35.0 Å². The summed E-state index contributed by atoms with van der Waals surface area (Å²) in [6.07, 6.45) is 1.55. The highest BCUT2D eigenvalue weighted by atomic mass is 16.7. The highest BCUT2D eigenvalue weighted by Gasteiger charge is 2.22. The predicted octanol–water partition coefficient (Wildman–Crippen LogP) is 4.36. The Morgan fingerprint density at radius 2 is 2.06 bits per heavy atom. The Bertz CT molecular complexity index is 1170. The summed E-state index contributed by atoms with van der Waals surface area (Å²) in [5, 5.41) is 14.4. The van der Waals surface area contributed by atoms with Gasteiger partial charge in [0.05, 0.1) is 18.1 Å². The summed E-state index contributed by atoms with van der Waals surface area (Å²) < 4.78 is 21.6. The quantitative estimate of drug-likeness (QED) is 0.302. The molecule has 0 radical (unpaired) electrons. The second-order valence-corrected chi connectivity index (χ2v) is 7.02. The Hall–Kier alpha value is -4.18. The second kappa shape index (κ2) is 9.96. The van der Waals surface area contributed by atoms with Gasteiger partial charge in [-0.05, 0) is 43.3 Å². The van der Waals surface area contributed by atoms with Crippen molar-refractivity contribution < 1.29 is 28.7 Å². The largest absolute Gasteiger partial charge is 0.494 e. The Morgan fingerprint density at radius 3 is 2.82 bits per heavy atom. The van der Waals surface area contributed by atoms with Crippen LogP contribution in [-0.4, -0.2) is 29.3 Å². The van der Waals surface area contributed by atoms with Crippen molar-refractivity contribution in [2.75, 3.05) is 18.7 Å². The minimum atomic E-state index is -0.635. The average molecular weight is 451 g/mol. The molecule has 1 N–H and O–H groups in total. The van der Waals surface area contributed by atoms with Crippen molar-refractivity contribution in [2.24, 2.45) is 0 Å². The number of hydrogen-bond donors (Lipinski definition) is 1. The normalized spacial score (nSPS) is 12.3. The molecule has 10 heteroatoms. The molecule has 0 fully saturated rings. The first-order valence-corrected chi connectivity index (χ1v) is 10.2. The number of anilines is 2. The van der Waals surface area contributed by atoms with Crippen LogP contribution in [0.2, 0.25) is 0 Å². The van der Waals surface area contributed by atoms with E-state index >= 15 is 0 Å². The molecule has 0 amide bonds. The summed E-state index contributed by atoms with van der Waals surface area (Å²) in [5.74, 6) is 0.844. The molecule has 0 saturated heterocycles. The molecular formula is C23H21N3O7. The number of fused-ring (bicyclic) bond motifs is 1. The van der Waals surface area contributed by atoms with Gasteiger partial charge in [0.25, 0.3) is 5.69 Å². The van der Waals surface area contributed by atoms with Crippen LogP contribution >= 0.6 is 0 Å². The number of hydrogen-bond acceptors (Lipinski definition) is 9. The molecule has 1 aromatic heterocycles. The van der Waals surface area contributed by atoms with Gasteiger partial charge in [-0.1, -0.05) is 0 Å². The summed E-state index contributed by atoms with van der Waals surface area (Å²) >= 11 is 0. The molecule has 4 rings (SSSR count). The average Bonchev–Trinajstić information content (AvgIpc) is 2.84. The number of benzene rings is 2. The molecule has 1 aliphatic rings. The van der Waals surface area contributed by atoms with E-state index in [0.717, 1.165) is 5.75 Å². The van der Waals surface area contributed by atoms with Gasteiger partial charge in [-0.15, -0.1) is 0 Å². The van der Waals surface area contributed by atoms with Crippen molar-refractivity contribution in [3.05, 3.63) is 81.5 Å². The lowest BCUT2D eigenvalue weighted by Gasteiger charge is -2.20. The van der Waals surface area contributed by atoms with Crippen molar-refractivity contribution in [1.29, 1.82) is 0 Å². The lowest BCUT2D eigenvalue weighted by atomic mass is 10.1. The van der Waals surface area contributed by atoms with Gasteiger partial charge in [-0.3, -0.25) is 10.1 Å². The van der Waals surface area contributed by atoms with Crippen LogP contribution in [-0.2, 0) is 22.7 Å². The van der Waals surface area contributed by atoms with Crippen LogP contribution in [0.5, 0.6) is 11.5 Å². The predicted molar refractivity (Wildman–Crippen MR) is 118 cm³/mol. The number of ether oxygens (including phenoxy) is 4. The molecular weight excluding hydrogens is 430 g/mol. The standard InChI is InChI=1S/C23H21N3O7/c1-2-31-19-7-5-17(6-8-19)25-22-20(4-3-9-24-22)23(27)32-13-16-11-18(26(28)29)10-15-12-30-14-33-21(15)16/h3-11H,2,12-14H2,1H3,(H,24,25). The minimum Gasteiger partial charge on any atom is -0.494 e. The van der Waals surface area contributed by atoms with E-state index in [1.54, 1.807) is 18.3 Å².